The molecule has 2 aliphatic rings. The highest BCUT2D eigenvalue weighted by molar-refractivity contribution is 5.62. The fraction of sp³-hybridized carbons (Fsp3) is 0.455. The molecule has 0 saturated heterocycles. The monoisotopic (exact) mass is 453 g/mol. The van der Waals surface area contributed by atoms with E-state index < -0.39 is 0 Å². The molecule has 0 aromatic heterocycles. The van der Waals surface area contributed by atoms with Crippen LogP contribution in [0.5, 0.6) is 0 Å². The molecule has 0 bridgehead atoms. The minimum atomic E-state index is 0.592. The molecule has 2 saturated carbocycles. The van der Waals surface area contributed by atoms with Crippen molar-refractivity contribution in [1.29, 1.82) is 0 Å². The minimum Gasteiger partial charge on any atom is -0.341 e. The Morgan fingerprint density at radius 1 is 0.882 bits per heavy atom. The van der Waals surface area contributed by atoms with E-state index in [1.165, 1.54) is 92.3 Å². The van der Waals surface area contributed by atoms with Gasteiger partial charge in [-0.15, -0.1) is 0 Å². The molecule has 0 unspecified atom stereocenters. The summed E-state index contributed by atoms with van der Waals surface area (Å²) in [6.07, 6.45) is 18.8. The third-order valence-electron chi connectivity index (χ3n) is 7.97. The molecular formula is C33H43N. The van der Waals surface area contributed by atoms with Gasteiger partial charge >= 0.3 is 0 Å². The van der Waals surface area contributed by atoms with Crippen LogP contribution in [0.25, 0.3) is 6.08 Å². The van der Waals surface area contributed by atoms with Crippen molar-refractivity contribution in [3.63, 3.8) is 0 Å². The number of rotatable bonds is 9. The molecule has 2 aromatic carbocycles. The zero-order valence-corrected chi connectivity index (χ0v) is 21.3. The topological polar surface area (TPSA) is 3.24 Å². The molecule has 2 aromatic rings. The molecule has 2 fully saturated rings. The summed E-state index contributed by atoms with van der Waals surface area (Å²) >= 11 is 0. The van der Waals surface area contributed by atoms with Crippen molar-refractivity contribution < 1.29 is 0 Å². The predicted octanol–water partition coefficient (Wildman–Crippen LogP) is 9.81. The maximum absolute atomic E-state index is 4.65. The number of hydrogen-bond acceptors (Lipinski definition) is 1. The zero-order chi connectivity index (χ0) is 23.8. The Labute approximate surface area is 208 Å². The van der Waals surface area contributed by atoms with Crippen molar-refractivity contribution >= 4 is 11.8 Å². The molecule has 0 N–H and O–H groups in total. The number of allylic oxidation sites excluding steroid dienone is 3. The van der Waals surface area contributed by atoms with E-state index in [9.17, 15) is 0 Å². The highest BCUT2D eigenvalue weighted by Crippen LogP contribution is 2.36. The maximum Gasteiger partial charge on any atom is 0.0478 e. The van der Waals surface area contributed by atoms with Gasteiger partial charge in [-0.3, -0.25) is 0 Å². The second-order valence-electron chi connectivity index (χ2n) is 10.4. The average molecular weight is 454 g/mol. The molecule has 0 radical (unpaired) electrons. The van der Waals surface area contributed by atoms with Crippen molar-refractivity contribution in [1.82, 2.24) is 0 Å². The van der Waals surface area contributed by atoms with Crippen LogP contribution in [0.4, 0.5) is 5.69 Å². The molecule has 1 nitrogen and oxygen atoms in total. The summed E-state index contributed by atoms with van der Waals surface area (Å²) in [7, 11) is 0. The summed E-state index contributed by atoms with van der Waals surface area (Å²) in [4.78, 5) is 2.48. The lowest BCUT2D eigenvalue weighted by Crippen LogP contribution is -2.27. The van der Waals surface area contributed by atoms with Crippen molar-refractivity contribution in [2.24, 2.45) is 5.92 Å². The third-order valence-corrected chi connectivity index (χ3v) is 7.97. The Morgan fingerprint density at radius 2 is 1.56 bits per heavy atom. The van der Waals surface area contributed by atoms with Crippen LogP contribution in [-0.2, 0) is 6.54 Å². The van der Waals surface area contributed by atoms with Gasteiger partial charge in [-0.05, 0) is 72.8 Å². The molecule has 0 heterocycles. The van der Waals surface area contributed by atoms with Crippen molar-refractivity contribution in [2.45, 2.75) is 90.0 Å². The van der Waals surface area contributed by atoms with Crippen LogP contribution in [0.3, 0.4) is 0 Å². The smallest absolute Gasteiger partial charge is 0.0478 e. The van der Waals surface area contributed by atoms with Crippen LogP contribution in [-0.4, -0.2) is 0 Å². The summed E-state index contributed by atoms with van der Waals surface area (Å²) in [5.74, 6) is 1.35. The quantitative estimate of drug-likeness (QED) is 0.341. The Bertz CT molecular complexity index is 968. The molecule has 0 amide bonds. The molecule has 34 heavy (non-hydrogen) atoms. The summed E-state index contributed by atoms with van der Waals surface area (Å²) in [6.45, 7) is 11.8. The number of benzene rings is 2. The van der Waals surface area contributed by atoms with Crippen molar-refractivity contribution in [2.75, 3.05) is 4.90 Å². The highest BCUT2D eigenvalue weighted by Gasteiger charge is 2.23. The van der Waals surface area contributed by atoms with Gasteiger partial charge in [-0.2, -0.15) is 0 Å². The Hall–Kier alpha value is -2.54. The molecule has 180 valence electrons. The van der Waals surface area contributed by atoms with Crippen LogP contribution in [0, 0.1) is 5.92 Å². The Morgan fingerprint density at radius 3 is 2.24 bits per heavy atom. The molecule has 2 aliphatic carbocycles. The van der Waals surface area contributed by atoms with Gasteiger partial charge in [0.05, 0.1) is 0 Å². The summed E-state index contributed by atoms with van der Waals surface area (Å²) in [5, 5.41) is 0. The summed E-state index contributed by atoms with van der Waals surface area (Å²) in [6, 6.07) is 18.4. The van der Waals surface area contributed by atoms with E-state index in [0.717, 1.165) is 24.5 Å². The first-order valence-electron chi connectivity index (χ1n) is 13.6. The average Bonchev–Trinajstić information content (AvgIpc) is 2.91. The standard InChI is InChI=1S/C33H43N/c1-4-26(2)18-19-28-12-11-17-33(24-28)34(27(3)30-13-7-5-8-14-30)25-29-20-22-32(23-21-29)31-15-9-6-10-16-31/h11-12,17-24,30-31H,2-10,13-16,25H2,1H3/b19-18+. The largest absolute Gasteiger partial charge is 0.341 e. The molecular weight excluding hydrogens is 410 g/mol. The first kappa shape index (κ1) is 24.6. The second kappa shape index (κ2) is 12.2. The van der Waals surface area contributed by atoms with Gasteiger partial charge in [-0.1, -0.05) is 113 Å². The minimum absolute atomic E-state index is 0.592. The summed E-state index contributed by atoms with van der Waals surface area (Å²) in [5.41, 5.74) is 7.82. The van der Waals surface area contributed by atoms with Crippen molar-refractivity contribution in [3.05, 3.63) is 95.7 Å². The first-order chi connectivity index (χ1) is 16.6. The normalized spacial score (nSPS) is 17.7. The number of hydrogen-bond donors (Lipinski definition) is 0. The molecule has 0 atom stereocenters. The van der Waals surface area contributed by atoms with Gasteiger partial charge in [0.15, 0.2) is 0 Å². The van der Waals surface area contributed by atoms with Gasteiger partial charge in [0.1, 0.15) is 0 Å². The van der Waals surface area contributed by atoms with Crippen LogP contribution < -0.4 is 4.90 Å². The number of anilines is 1. The van der Waals surface area contributed by atoms with E-state index in [0.29, 0.717) is 5.92 Å². The van der Waals surface area contributed by atoms with Crippen molar-refractivity contribution in [3.8, 4) is 0 Å². The van der Waals surface area contributed by atoms with Gasteiger partial charge in [-0.25, -0.2) is 0 Å². The van der Waals surface area contributed by atoms with Gasteiger partial charge in [0.2, 0.25) is 0 Å². The second-order valence-corrected chi connectivity index (χ2v) is 10.4. The van der Waals surface area contributed by atoms with Gasteiger partial charge in [0.25, 0.3) is 0 Å². The van der Waals surface area contributed by atoms with E-state index >= 15 is 0 Å². The third kappa shape index (κ3) is 6.53. The van der Waals surface area contributed by atoms with E-state index in [4.69, 9.17) is 0 Å². The lowest BCUT2D eigenvalue weighted by Gasteiger charge is -2.34. The van der Waals surface area contributed by atoms with E-state index in [-0.39, 0.29) is 0 Å². The van der Waals surface area contributed by atoms with Crippen LogP contribution >= 0.6 is 0 Å². The molecule has 0 aliphatic heterocycles. The number of nitrogens with zero attached hydrogens (tertiary/aromatic N) is 1. The summed E-state index contributed by atoms with van der Waals surface area (Å²) < 4.78 is 0. The molecule has 1 heteroatoms. The van der Waals surface area contributed by atoms with Crippen LogP contribution in [0.15, 0.2) is 79.0 Å². The first-order valence-corrected chi connectivity index (χ1v) is 13.6. The van der Waals surface area contributed by atoms with Gasteiger partial charge in [0, 0.05) is 17.9 Å². The van der Waals surface area contributed by atoms with Gasteiger partial charge < -0.3 is 4.90 Å². The van der Waals surface area contributed by atoms with Crippen LogP contribution in [0.2, 0.25) is 0 Å². The fourth-order valence-electron chi connectivity index (χ4n) is 5.66. The SMILES string of the molecule is C=C(/C=C/c1cccc(N(Cc2ccc(C3CCCCC3)cc2)C(=C)C2CCCCC2)c1)CC. The van der Waals surface area contributed by atoms with E-state index in [1.807, 2.05) is 0 Å². The van der Waals surface area contributed by atoms with E-state index in [2.05, 4.69) is 85.7 Å². The zero-order valence-electron chi connectivity index (χ0n) is 21.3. The lowest BCUT2D eigenvalue weighted by molar-refractivity contribution is 0.396. The van der Waals surface area contributed by atoms with Crippen LogP contribution in [0.1, 0.15) is 100 Å². The van der Waals surface area contributed by atoms with E-state index in [1.54, 1.807) is 0 Å². The predicted molar refractivity (Wildman–Crippen MR) is 149 cm³/mol. The lowest BCUT2D eigenvalue weighted by atomic mass is 9.84. The molecule has 4 rings (SSSR count). The Kier molecular flexibility index (Phi) is 8.85. The maximum atomic E-state index is 4.65. The fourth-order valence-corrected chi connectivity index (χ4v) is 5.66. The highest BCUT2D eigenvalue weighted by atomic mass is 15.1. The molecule has 0 spiro atoms. The Balaban J connectivity index is 1.56.